The van der Waals surface area contributed by atoms with Gasteiger partial charge in [-0.15, -0.1) is 0 Å². The largest absolute Gasteiger partial charge is 0.493 e. The number of quaternary nitrogens is 1. The Morgan fingerprint density at radius 3 is 1.64 bits per heavy atom. The number of fused-ring (bicyclic) bond motifs is 8. The Morgan fingerprint density at radius 2 is 1.10 bits per heavy atom. The first-order valence-electron chi connectivity index (χ1n) is 17.7. The molecule has 0 saturated heterocycles. The number of benzene rings is 2. The van der Waals surface area contributed by atoms with Crippen molar-refractivity contribution in [3.63, 3.8) is 0 Å². The third-order valence-corrected chi connectivity index (χ3v) is 9.56. The Morgan fingerprint density at radius 1 is 0.580 bits per heavy atom. The summed E-state index contributed by atoms with van der Waals surface area (Å²) in [5.74, 6) is 0.897. The van der Waals surface area contributed by atoms with Crippen molar-refractivity contribution >= 4 is 23.3 Å². The highest BCUT2D eigenvalue weighted by atomic mass is 16.5. The van der Waals surface area contributed by atoms with Crippen LogP contribution in [0.25, 0.3) is 23.3 Å². The van der Waals surface area contributed by atoms with Crippen LogP contribution in [0.5, 0.6) is 5.75 Å². The van der Waals surface area contributed by atoms with Crippen LogP contribution in [0.15, 0.2) is 97.1 Å². The smallest absolute Gasteiger partial charge is 0.119 e. The third kappa shape index (κ3) is 7.80. The highest BCUT2D eigenvalue weighted by Gasteiger charge is 2.15. The first kappa shape index (κ1) is 33.3. The van der Waals surface area contributed by atoms with E-state index in [0.717, 1.165) is 96.2 Å². The minimum Gasteiger partial charge on any atom is -0.493 e. The number of ether oxygens (including phenoxy) is 1. The molecule has 0 spiro atoms. The molecule has 2 aromatic carbocycles. The molecule has 6 aromatic rings. The summed E-state index contributed by atoms with van der Waals surface area (Å²) in [5, 5.41) is 4.16. The Balaban J connectivity index is 1.19. The fourth-order valence-electron chi connectivity index (χ4n) is 6.86. The summed E-state index contributed by atoms with van der Waals surface area (Å²) >= 11 is 0. The molecule has 0 aliphatic carbocycles. The van der Waals surface area contributed by atoms with Crippen LogP contribution in [0.1, 0.15) is 52.3 Å². The highest BCUT2D eigenvalue weighted by molar-refractivity contribution is 5.79. The Hall–Kier alpha value is -5.24. The molecule has 0 fully saturated rings. The van der Waals surface area contributed by atoms with E-state index in [9.17, 15) is 0 Å². The molecule has 5 heterocycles. The van der Waals surface area contributed by atoms with E-state index in [2.05, 4.69) is 169 Å². The van der Waals surface area contributed by atoms with Gasteiger partial charge in [-0.3, -0.25) is 0 Å². The summed E-state index contributed by atoms with van der Waals surface area (Å²) in [7, 11) is 8.91. The second kappa shape index (κ2) is 14.3. The number of nitrogens with one attached hydrogen (secondary N) is 4. The summed E-state index contributed by atoms with van der Waals surface area (Å²) in [6.07, 6.45) is 6.55. The lowest BCUT2D eigenvalue weighted by Gasteiger charge is -2.30. The zero-order valence-corrected chi connectivity index (χ0v) is 29.9. The van der Waals surface area contributed by atoms with E-state index in [-0.39, 0.29) is 0 Å². The SMILES string of the molecule is Cc1ccc(C2=c3ccc([nH]3)=Cc3ccc([nH]3)C(c3ccc(OCCC[N+](C)(C)CCCN(C)C)cc3)=c3ccc([nH]3)=Cc3ccc2[nH]3)cc1. The van der Waals surface area contributed by atoms with Gasteiger partial charge in [0.05, 0.1) is 33.8 Å². The highest BCUT2D eigenvalue weighted by Crippen LogP contribution is 2.24. The molecule has 7 rings (SSSR count). The molecule has 8 bridgehead atoms. The molecule has 0 radical (unpaired) electrons. The van der Waals surface area contributed by atoms with Crippen LogP contribution >= 0.6 is 0 Å². The predicted molar refractivity (Wildman–Crippen MR) is 205 cm³/mol. The van der Waals surface area contributed by atoms with Crippen molar-refractivity contribution in [2.45, 2.75) is 19.8 Å². The van der Waals surface area contributed by atoms with Crippen molar-refractivity contribution < 1.29 is 9.22 Å². The van der Waals surface area contributed by atoms with Crippen LogP contribution in [-0.2, 0) is 0 Å². The van der Waals surface area contributed by atoms with Crippen LogP contribution in [0, 0.1) is 6.92 Å². The van der Waals surface area contributed by atoms with Crippen LogP contribution in [0.3, 0.4) is 0 Å². The second-order valence-electron chi connectivity index (χ2n) is 14.5. The van der Waals surface area contributed by atoms with Gasteiger partial charge >= 0.3 is 0 Å². The summed E-state index contributed by atoms with van der Waals surface area (Å²) < 4.78 is 7.23. The van der Waals surface area contributed by atoms with Crippen molar-refractivity contribution in [2.75, 3.05) is 54.4 Å². The average molecular weight is 666 g/mol. The van der Waals surface area contributed by atoms with Crippen molar-refractivity contribution in [3.05, 3.63) is 158 Å². The van der Waals surface area contributed by atoms with Crippen LogP contribution in [0.2, 0.25) is 0 Å². The average Bonchev–Trinajstić information content (AvgIpc) is 3.92. The standard InChI is InChI=1S/C43H49N6O/c1-30-8-10-31(11-9-30)42-38-20-14-33(44-38)28-35-16-22-40(46-35)43(41-23-17-36(47-41)29-34-15-21-39(42)45-34)32-12-18-37(19-13-32)50-27-7-26-49(4,5)25-6-24-48(2)3/h8-23,28-29,44-47H,6-7,24-27H2,1-5H3/q+1. The summed E-state index contributed by atoms with van der Waals surface area (Å²) in [4.78, 5) is 17.0. The Kier molecular flexibility index (Phi) is 9.52. The lowest BCUT2D eigenvalue weighted by atomic mass is 10.0. The van der Waals surface area contributed by atoms with Crippen LogP contribution in [-0.4, -0.2) is 83.8 Å². The number of aromatic amines is 4. The third-order valence-electron chi connectivity index (χ3n) is 9.56. The van der Waals surface area contributed by atoms with E-state index in [4.69, 9.17) is 4.74 Å². The topological polar surface area (TPSA) is 75.6 Å². The van der Waals surface area contributed by atoms with Gasteiger partial charge in [0, 0.05) is 74.7 Å². The van der Waals surface area contributed by atoms with Gasteiger partial charge in [-0.2, -0.15) is 0 Å². The van der Waals surface area contributed by atoms with Gasteiger partial charge in [0.1, 0.15) is 5.75 Å². The minimum atomic E-state index is 0.710. The molecule has 0 unspecified atom stereocenters. The molecule has 1 aliphatic rings. The number of aryl methyl sites for hydroxylation is 1. The number of nitrogens with zero attached hydrogens (tertiary/aromatic N) is 2. The molecule has 256 valence electrons. The molecule has 4 N–H and O–H groups in total. The van der Waals surface area contributed by atoms with Gasteiger partial charge in [0.2, 0.25) is 0 Å². The van der Waals surface area contributed by atoms with Crippen molar-refractivity contribution in [1.29, 1.82) is 0 Å². The quantitative estimate of drug-likeness (QED) is 0.121. The van der Waals surface area contributed by atoms with Gasteiger partial charge in [0.15, 0.2) is 0 Å². The first-order valence-corrected chi connectivity index (χ1v) is 17.7. The van der Waals surface area contributed by atoms with Gasteiger partial charge < -0.3 is 34.1 Å². The Labute approximate surface area is 294 Å². The minimum absolute atomic E-state index is 0.710. The maximum absolute atomic E-state index is 6.21. The van der Waals surface area contributed by atoms with Crippen molar-refractivity contribution in [2.24, 2.45) is 0 Å². The van der Waals surface area contributed by atoms with Crippen molar-refractivity contribution in [1.82, 2.24) is 24.8 Å². The summed E-state index contributed by atoms with van der Waals surface area (Å²) in [5.41, 5.74) is 9.92. The molecule has 1 aliphatic heterocycles. The van der Waals surface area contributed by atoms with E-state index >= 15 is 0 Å². The second-order valence-corrected chi connectivity index (χ2v) is 14.5. The fourth-order valence-corrected chi connectivity index (χ4v) is 6.86. The van der Waals surface area contributed by atoms with E-state index in [1.165, 1.54) is 18.5 Å². The number of aromatic nitrogens is 4. The number of hydrogen-bond donors (Lipinski definition) is 4. The van der Waals surface area contributed by atoms with Gasteiger partial charge in [-0.1, -0.05) is 42.0 Å². The van der Waals surface area contributed by atoms with Gasteiger partial charge in [-0.05, 0) is 105 Å². The first-order chi connectivity index (χ1) is 24.2. The molecular weight excluding hydrogens is 617 g/mol. The normalized spacial score (nSPS) is 13.0. The number of H-pyrrole nitrogens is 4. The predicted octanol–water partition coefficient (Wildman–Crippen LogP) is 4.57. The van der Waals surface area contributed by atoms with E-state index < -0.39 is 0 Å². The van der Waals surface area contributed by atoms with E-state index in [1.807, 2.05) is 0 Å². The molecule has 7 heteroatoms. The molecule has 4 aromatic heterocycles. The fraction of sp³-hybridized carbons (Fsp3) is 0.256. The van der Waals surface area contributed by atoms with E-state index in [1.54, 1.807) is 0 Å². The van der Waals surface area contributed by atoms with Crippen LogP contribution in [0.4, 0.5) is 0 Å². The monoisotopic (exact) mass is 665 g/mol. The molecule has 0 saturated carbocycles. The molecular formula is C43H49N6O+. The lowest BCUT2D eigenvalue weighted by Crippen LogP contribution is -2.42. The molecule has 50 heavy (non-hydrogen) atoms. The maximum Gasteiger partial charge on any atom is 0.119 e. The molecule has 0 atom stereocenters. The molecule has 0 amide bonds. The van der Waals surface area contributed by atoms with Crippen molar-refractivity contribution in [3.8, 4) is 5.75 Å². The summed E-state index contributed by atoms with van der Waals surface area (Å²) in [6, 6.07) is 34.4. The lowest BCUT2D eigenvalue weighted by molar-refractivity contribution is -0.890. The Bertz CT molecular complexity index is 2310. The maximum atomic E-state index is 6.21. The van der Waals surface area contributed by atoms with Crippen LogP contribution < -0.4 is 26.1 Å². The number of rotatable bonds is 11. The van der Waals surface area contributed by atoms with Gasteiger partial charge in [0.25, 0.3) is 0 Å². The summed E-state index contributed by atoms with van der Waals surface area (Å²) in [6.45, 7) is 6.23. The van der Waals surface area contributed by atoms with Gasteiger partial charge in [-0.25, -0.2) is 0 Å². The number of hydrogen-bond acceptors (Lipinski definition) is 2. The zero-order chi connectivity index (χ0) is 34.7. The molecule has 7 nitrogen and oxygen atoms in total. The van der Waals surface area contributed by atoms with E-state index in [0.29, 0.717) is 6.61 Å². The zero-order valence-electron chi connectivity index (χ0n) is 29.9.